The molecule has 0 amide bonds. The minimum absolute atomic E-state index is 0.254. The fourth-order valence-electron chi connectivity index (χ4n) is 3.19. The number of hydrogen-bond donors (Lipinski definition) is 1. The molecule has 13 heavy (non-hydrogen) atoms. The maximum Gasteiger partial charge on any atom is 0.0250 e. The average molecular weight is 179 g/mol. The summed E-state index contributed by atoms with van der Waals surface area (Å²) in [6, 6.07) is 0.254. The Labute approximate surface area is 81.4 Å². The van der Waals surface area contributed by atoms with Gasteiger partial charge in [0.25, 0.3) is 0 Å². The molecule has 0 spiro atoms. The Morgan fingerprint density at radius 3 is 2.69 bits per heavy atom. The van der Waals surface area contributed by atoms with Crippen LogP contribution < -0.4 is 5.73 Å². The molecule has 2 fully saturated rings. The zero-order valence-electron chi connectivity index (χ0n) is 8.63. The fraction of sp³-hybridized carbons (Fsp3) is 0.833. The molecule has 74 valence electrons. The van der Waals surface area contributed by atoms with Crippen molar-refractivity contribution in [2.45, 2.75) is 45.1 Å². The summed E-state index contributed by atoms with van der Waals surface area (Å²) in [4.78, 5) is 0. The van der Waals surface area contributed by atoms with Gasteiger partial charge >= 0.3 is 0 Å². The molecule has 2 rings (SSSR count). The molecule has 1 nitrogen and oxygen atoms in total. The highest BCUT2D eigenvalue weighted by Gasteiger charge is 2.39. The zero-order valence-corrected chi connectivity index (χ0v) is 8.63. The van der Waals surface area contributed by atoms with E-state index in [1.807, 2.05) is 0 Å². The molecule has 2 N–H and O–H groups in total. The predicted molar refractivity (Wildman–Crippen MR) is 56.3 cm³/mol. The summed E-state index contributed by atoms with van der Waals surface area (Å²) in [7, 11) is 0. The van der Waals surface area contributed by atoms with Crippen LogP contribution >= 0.6 is 0 Å². The van der Waals surface area contributed by atoms with Crippen molar-refractivity contribution >= 4 is 0 Å². The van der Waals surface area contributed by atoms with E-state index in [4.69, 9.17) is 5.73 Å². The van der Waals surface area contributed by atoms with Gasteiger partial charge in [0.15, 0.2) is 0 Å². The first-order chi connectivity index (χ1) is 6.16. The topological polar surface area (TPSA) is 26.0 Å². The number of fused-ring (bicyclic) bond motifs is 2. The van der Waals surface area contributed by atoms with Crippen LogP contribution in [0.5, 0.6) is 0 Å². The van der Waals surface area contributed by atoms with Gasteiger partial charge in [-0.2, -0.15) is 0 Å². The Morgan fingerprint density at radius 2 is 2.23 bits per heavy atom. The van der Waals surface area contributed by atoms with Crippen molar-refractivity contribution in [3.63, 3.8) is 0 Å². The van der Waals surface area contributed by atoms with Gasteiger partial charge in [-0.15, -0.1) is 0 Å². The van der Waals surface area contributed by atoms with Gasteiger partial charge in [-0.1, -0.05) is 18.6 Å². The van der Waals surface area contributed by atoms with Gasteiger partial charge in [0.2, 0.25) is 0 Å². The van der Waals surface area contributed by atoms with E-state index in [0.717, 1.165) is 23.3 Å². The van der Waals surface area contributed by atoms with E-state index in [0.29, 0.717) is 0 Å². The van der Waals surface area contributed by atoms with Gasteiger partial charge in [0.05, 0.1) is 0 Å². The summed E-state index contributed by atoms with van der Waals surface area (Å²) < 4.78 is 0. The van der Waals surface area contributed by atoms with Crippen LogP contribution in [0.15, 0.2) is 12.2 Å². The lowest BCUT2D eigenvalue weighted by Gasteiger charge is -2.24. The second kappa shape index (κ2) is 3.45. The quantitative estimate of drug-likeness (QED) is 0.662. The molecule has 2 bridgehead atoms. The van der Waals surface area contributed by atoms with E-state index in [9.17, 15) is 0 Å². The van der Waals surface area contributed by atoms with Crippen LogP contribution in [-0.4, -0.2) is 6.04 Å². The zero-order chi connectivity index (χ0) is 9.42. The summed E-state index contributed by atoms with van der Waals surface area (Å²) in [6.45, 7) is 5.99. The third-order valence-electron chi connectivity index (χ3n) is 4.07. The molecule has 0 aromatic heterocycles. The van der Waals surface area contributed by atoms with Gasteiger partial charge < -0.3 is 5.73 Å². The van der Waals surface area contributed by atoms with E-state index in [1.165, 1.54) is 32.1 Å². The normalized spacial score (nSPS) is 39.4. The van der Waals surface area contributed by atoms with Crippen molar-refractivity contribution < 1.29 is 0 Å². The first kappa shape index (κ1) is 9.26. The maximum absolute atomic E-state index is 6.03. The first-order valence-corrected chi connectivity index (χ1v) is 5.57. The van der Waals surface area contributed by atoms with Gasteiger partial charge in [-0.05, 0) is 50.4 Å². The summed E-state index contributed by atoms with van der Waals surface area (Å²) in [5, 5.41) is 0. The molecule has 0 heterocycles. The minimum atomic E-state index is 0.254. The Bertz CT molecular complexity index is 209. The Hall–Kier alpha value is -0.300. The third-order valence-corrected chi connectivity index (χ3v) is 4.07. The molecule has 4 atom stereocenters. The molecule has 0 aromatic carbocycles. The van der Waals surface area contributed by atoms with Crippen LogP contribution in [0.3, 0.4) is 0 Å². The fourth-order valence-corrected chi connectivity index (χ4v) is 3.19. The van der Waals surface area contributed by atoms with Crippen molar-refractivity contribution in [1.29, 1.82) is 0 Å². The molecule has 0 radical (unpaired) electrons. The highest BCUT2D eigenvalue weighted by Crippen LogP contribution is 2.49. The maximum atomic E-state index is 6.03. The molecule has 0 aromatic rings. The van der Waals surface area contributed by atoms with E-state index >= 15 is 0 Å². The second-order valence-electron chi connectivity index (χ2n) is 5.12. The van der Waals surface area contributed by atoms with Crippen LogP contribution in [0.1, 0.15) is 39.0 Å². The molecular formula is C12H21N. The summed E-state index contributed by atoms with van der Waals surface area (Å²) in [5.41, 5.74) is 7.18. The van der Waals surface area contributed by atoms with Gasteiger partial charge in [-0.3, -0.25) is 0 Å². The SMILES string of the molecule is C=C(C)C(N)CC1CC2CCC1C2. The summed E-state index contributed by atoms with van der Waals surface area (Å²) in [5.74, 6) is 2.98. The first-order valence-electron chi connectivity index (χ1n) is 5.57. The van der Waals surface area contributed by atoms with Crippen molar-refractivity contribution in [3.05, 3.63) is 12.2 Å². The highest BCUT2D eigenvalue weighted by molar-refractivity contribution is 5.02. The molecule has 2 saturated carbocycles. The molecule has 1 heteroatoms. The van der Waals surface area contributed by atoms with E-state index in [2.05, 4.69) is 13.5 Å². The van der Waals surface area contributed by atoms with Crippen LogP contribution in [0.4, 0.5) is 0 Å². The number of rotatable bonds is 3. The second-order valence-corrected chi connectivity index (χ2v) is 5.12. The Kier molecular flexibility index (Phi) is 2.46. The van der Waals surface area contributed by atoms with Crippen molar-refractivity contribution in [2.24, 2.45) is 23.5 Å². The average Bonchev–Trinajstić information content (AvgIpc) is 2.64. The molecule has 0 saturated heterocycles. The van der Waals surface area contributed by atoms with Crippen LogP contribution in [-0.2, 0) is 0 Å². The molecular weight excluding hydrogens is 158 g/mol. The van der Waals surface area contributed by atoms with Crippen molar-refractivity contribution in [3.8, 4) is 0 Å². The lowest BCUT2D eigenvalue weighted by molar-refractivity contribution is 0.303. The van der Waals surface area contributed by atoms with Crippen LogP contribution in [0.2, 0.25) is 0 Å². The van der Waals surface area contributed by atoms with Crippen LogP contribution in [0.25, 0.3) is 0 Å². The largest absolute Gasteiger partial charge is 0.324 e. The Morgan fingerprint density at radius 1 is 1.46 bits per heavy atom. The van der Waals surface area contributed by atoms with Gasteiger partial charge in [-0.25, -0.2) is 0 Å². The third kappa shape index (κ3) is 1.80. The highest BCUT2D eigenvalue weighted by atomic mass is 14.6. The lowest BCUT2D eigenvalue weighted by atomic mass is 9.83. The smallest absolute Gasteiger partial charge is 0.0250 e. The van der Waals surface area contributed by atoms with Crippen LogP contribution in [0, 0.1) is 17.8 Å². The standard InChI is InChI=1S/C12H21N/c1-8(2)12(13)7-11-6-9-3-4-10(11)5-9/h9-12H,1,3-7,13H2,2H3. The molecule has 4 unspecified atom stereocenters. The Balaban J connectivity index is 1.86. The molecule has 0 aliphatic heterocycles. The van der Waals surface area contributed by atoms with Crippen molar-refractivity contribution in [1.82, 2.24) is 0 Å². The molecule has 2 aliphatic carbocycles. The summed E-state index contributed by atoms with van der Waals surface area (Å²) >= 11 is 0. The van der Waals surface area contributed by atoms with Gasteiger partial charge in [0.1, 0.15) is 0 Å². The minimum Gasteiger partial charge on any atom is -0.324 e. The van der Waals surface area contributed by atoms with E-state index < -0.39 is 0 Å². The predicted octanol–water partition coefficient (Wildman–Crippen LogP) is 2.72. The molecule has 2 aliphatic rings. The lowest BCUT2D eigenvalue weighted by Crippen LogP contribution is -2.26. The summed E-state index contributed by atoms with van der Waals surface area (Å²) in [6.07, 6.45) is 7.09. The number of hydrogen-bond acceptors (Lipinski definition) is 1. The van der Waals surface area contributed by atoms with E-state index in [1.54, 1.807) is 0 Å². The van der Waals surface area contributed by atoms with Gasteiger partial charge in [0, 0.05) is 6.04 Å². The number of nitrogens with two attached hydrogens (primary N) is 1. The van der Waals surface area contributed by atoms with Crippen molar-refractivity contribution in [2.75, 3.05) is 0 Å². The monoisotopic (exact) mass is 179 g/mol. The van der Waals surface area contributed by atoms with E-state index in [-0.39, 0.29) is 6.04 Å².